The van der Waals surface area contributed by atoms with Gasteiger partial charge in [0, 0.05) is 31.1 Å². The zero-order valence-corrected chi connectivity index (χ0v) is 17.7. The lowest BCUT2D eigenvalue weighted by atomic mass is 10.2. The molecular weight excluding hydrogens is 376 g/mol. The van der Waals surface area contributed by atoms with Crippen molar-refractivity contribution in [1.29, 1.82) is 0 Å². The van der Waals surface area contributed by atoms with Crippen LogP contribution in [0, 0.1) is 0 Å². The standard InChI is InChI=1S/C20H28N4O3S/c1-20(2,28(5)16-10-12-27-13-11-16)18(25)22-19-21-17(23-24(19)3)14-6-8-15(26-4)9-7-14/h6-9,16H,5,10-13H2,1-4H3,(H,21,22,23,25). The molecular formula is C20H28N4O3S. The summed E-state index contributed by atoms with van der Waals surface area (Å²) in [7, 11) is 3.07. The van der Waals surface area contributed by atoms with Crippen LogP contribution in [0.2, 0.25) is 0 Å². The van der Waals surface area contributed by atoms with Gasteiger partial charge in [0.1, 0.15) is 5.75 Å². The number of methoxy groups -OCH3 is 1. The van der Waals surface area contributed by atoms with Gasteiger partial charge in [0.25, 0.3) is 0 Å². The fourth-order valence-electron chi connectivity index (χ4n) is 3.10. The first-order valence-corrected chi connectivity index (χ1v) is 10.8. The van der Waals surface area contributed by atoms with E-state index in [2.05, 4.69) is 21.3 Å². The van der Waals surface area contributed by atoms with Crippen LogP contribution in [0.4, 0.5) is 5.95 Å². The maximum Gasteiger partial charge on any atom is 0.241 e. The van der Waals surface area contributed by atoms with Crippen molar-refractivity contribution < 1.29 is 14.3 Å². The third-order valence-electron chi connectivity index (χ3n) is 5.11. The van der Waals surface area contributed by atoms with Gasteiger partial charge in [-0.15, -0.1) is 5.10 Å². The predicted octanol–water partition coefficient (Wildman–Crippen LogP) is 3.09. The minimum absolute atomic E-state index is 0.0888. The van der Waals surface area contributed by atoms with Gasteiger partial charge in [-0.05, 0) is 51.0 Å². The molecule has 0 aliphatic carbocycles. The number of aryl methyl sites for hydroxylation is 1. The van der Waals surface area contributed by atoms with Gasteiger partial charge in [-0.1, -0.05) is 5.87 Å². The summed E-state index contributed by atoms with van der Waals surface area (Å²) in [5.41, 5.74) is 0.857. The SMILES string of the molecule is C=S(C1CCOCC1)C(C)(C)C(=O)Nc1nc(-c2ccc(OC)cc2)nn1C. The Morgan fingerprint density at radius 3 is 2.57 bits per heavy atom. The number of amides is 1. The van der Waals surface area contributed by atoms with Crippen LogP contribution in [0.3, 0.4) is 0 Å². The van der Waals surface area contributed by atoms with Crippen molar-refractivity contribution in [3.63, 3.8) is 0 Å². The predicted molar refractivity (Wildman–Crippen MR) is 114 cm³/mol. The molecule has 0 radical (unpaired) electrons. The zero-order valence-electron chi connectivity index (χ0n) is 16.9. The Morgan fingerprint density at radius 1 is 1.32 bits per heavy atom. The number of carbonyl (C=O) groups is 1. The fraction of sp³-hybridized carbons (Fsp3) is 0.500. The van der Waals surface area contributed by atoms with Crippen molar-refractivity contribution in [3.8, 4) is 17.1 Å². The lowest BCUT2D eigenvalue weighted by Gasteiger charge is -2.34. The van der Waals surface area contributed by atoms with Crippen LogP contribution in [0.15, 0.2) is 24.3 Å². The molecule has 1 unspecified atom stereocenters. The van der Waals surface area contributed by atoms with Gasteiger partial charge in [-0.25, -0.2) is 4.68 Å². The maximum atomic E-state index is 13.0. The Labute approximate surface area is 168 Å². The third-order valence-corrected chi connectivity index (χ3v) is 7.88. The van der Waals surface area contributed by atoms with E-state index in [1.165, 1.54) is 0 Å². The summed E-state index contributed by atoms with van der Waals surface area (Å²) >= 11 is 0. The molecule has 2 heterocycles. The van der Waals surface area contributed by atoms with Crippen LogP contribution in [-0.4, -0.2) is 56.9 Å². The van der Waals surface area contributed by atoms with E-state index in [0.29, 0.717) is 17.0 Å². The second kappa shape index (κ2) is 8.45. The Balaban J connectivity index is 1.74. The molecule has 1 amide bonds. The molecule has 1 aromatic heterocycles. The Morgan fingerprint density at radius 2 is 1.96 bits per heavy atom. The van der Waals surface area contributed by atoms with Gasteiger partial charge < -0.3 is 9.47 Å². The number of rotatable bonds is 6. The summed E-state index contributed by atoms with van der Waals surface area (Å²) in [5, 5.41) is 7.78. The molecule has 1 aliphatic heterocycles. The molecule has 3 rings (SSSR count). The van der Waals surface area contributed by atoms with Crippen molar-refractivity contribution in [3.05, 3.63) is 24.3 Å². The summed E-state index contributed by atoms with van der Waals surface area (Å²) in [6.07, 6.45) is 1.91. The summed E-state index contributed by atoms with van der Waals surface area (Å²) in [6.45, 7) is 5.40. The Kier molecular flexibility index (Phi) is 6.20. The number of ether oxygens (including phenoxy) is 2. The van der Waals surface area contributed by atoms with Crippen molar-refractivity contribution in [2.24, 2.45) is 7.05 Å². The highest BCUT2D eigenvalue weighted by Gasteiger charge is 2.35. The highest BCUT2D eigenvalue weighted by molar-refractivity contribution is 8.16. The molecule has 7 nitrogen and oxygen atoms in total. The van der Waals surface area contributed by atoms with Crippen molar-refractivity contribution in [2.75, 3.05) is 25.6 Å². The van der Waals surface area contributed by atoms with E-state index in [9.17, 15) is 4.79 Å². The van der Waals surface area contributed by atoms with Gasteiger partial charge in [0.2, 0.25) is 11.9 Å². The van der Waals surface area contributed by atoms with Gasteiger partial charge in [-0.3, -0.25) is 10.1 Å². The monoisotopic (exact) mass is 404 g/mol. The zero-order chi connectivity index (χ0) is 20.3. The largest absolute Gasteiger partial charge is 0.497 e. The number of anilines is 1. The van der Waals surface area contributed by atoms with E-state index in [-0.39, 0.29) is 16.4 Å². The summed E-state index contributed by atoms with van der Waals surface area (Å²) in [5.74, 6) is 6.00. The molecule has 1 saturated heterocycles. The highest BCUT2D eigenvalue weighted by atomic mass is 32.2. The van der Waals surface area contributed by atoms with E-state index in [1.54, 1.807) is 18.8 Å². The first-order chi connectivity index (χ1) is 13.3. The Bertz CT molecular complexity index is 855. The minimum atomic E-state index is -0.603. The van der Waals surface area contributed by atoms with E-state index in [4.69, 9.17) is 9.47 Å². The number of benzene rings is 1. The first kappa shape index (κ1) is 20.5. The number of nitrogens with zero attached hydrogens (tertiary/aromatic N) is 3. The number of carbonyl (C=O) groups excluding carboxylic acids is 1. The van der Waals surface area contributed by atoms with E-state index >= 15 is 0 Å². The van der Waals surface area contributed by atoms with Gasteiger partial charge in [0.05, 0.1) is 11.9 Å². The summed E-state index contributed by atoms with van der Waals surface area (Å²) in [4.78, 5) is 17.5. The number of aromatic nitrogens is 3. The summed E-state index contributed by atoms with van der Waals surface area (Å²) in [6, 6.07) is 7.50. The molecule has 1 aliphatic rings. The average molecular weight is 405 g/mol. The van der Waals surface area contributed by atoms with Crippen LogP contribution in [-0.2, 0) is 16.6 Å². The van der Waals surface area contributed by atoms with Crippen LogP contribution >= 0.6 is 10.5 Å². The van der Waals surface area contributed by atoms with Gasteiger partial charge in [-0.2, -0.15) is 15.5 Å². The second-order valence-electron chi connectivity index (χ2n) is 7.32. The van der Waals surface area contributed by atoms with Crippen molar-refractivity contribution >= 4 is 28.2 Å². The second-order valence-corrected chi connectivity index (χ2v) is 9.86. The Hall–Kier alpha value is -2.19. The molecule has 152 valence electrons. The van der Waals surface area contributed by atoms with E-state index < -0.39 is 4.75 Å². The van der Waals surface area contributed by atoms with Gasteiger partial charge in [0.15, 0.2) is 5.82 Å². The smallest absolute Gasteiger partial charge is 0.241 e. The van der Waals surface area contributed by atoms with E-state index in [1.807, 2.05) is 38.1 Å². The average Bonchev–Trinajstić information content (AvgIpc) is 3.08. The van der Waals surface area contributed by atoms with Crippen molar-refractivity contribution in [2.45, 2.75) is 36.7 Å². The molecule has 28 heavy (non-hydrogen) atoms. The molecule has 0 saturated carbocycles. The van der Waals surface area contributed by atoms with Crippen molar-refractivity contribution in [1.82, 2.24) is 14.8 Å². The quantitative estimate of drug-likeness (QED) is 0.749. The number of hydrogen-bond donors (Lipinski definition) is 1. The third kappa shape index (κ3) is 4.28. The van der Waals surface area contributed by atoms with Crippen LogP contribution in [0.5, 0.6) is 5.75 Å². The van der Waals surface area contributed by atoms with Crippen LogP contribution in [0.25, 0.3) is 11.4 Å². The molecule has 0 spiro atoms. The maximum absolute atomic E-state index is 13.0. The molecule has 0 bridgehead atoms. The van der Waals surface area contributed by atoms with Crippen LogP contribution < -0.4 is 10.1 Å². The van der Waals surface area contributed by atoms with E-state index in [0.717, 1.165) is 37.4 Å². The van der Waals surface area contributed by atoms with Gasteiger partial charge >= 0.3 is 0 Å². The molecule has 1 aromatic carbocycles. The molecule has 1 fully saturated rings. The highest BCUT2D eigenvalue weighted by Crippen LogP contribution is 2.40. The molecule has 1 N–H and O–H groups in total. The minimum Gasteiger partial charge on any atom is -0.497 e. The normalized spacial score (nSPS) is 16.6. The topological polar surface area (TPSA) is 78.3 Å². The summed E-state index contributed by atoms with van der Waals surface area (Å²) < 4.78 is 11.6. The fourth-order valence-corrected chi connectivity index (χ4v) is 4.99. The number of hydrogen-bond acceptors (Lipinski definition) is 5. The van der Waals surface area contributed by atoms with Crippen LogP contribution in [0.1, 0.15) is 26.7 Å². The number of nitrogens with one attached hydrogen (secondary N) is 1. The lowest BCUT2D eigenvalue weighted by Crippen LogP contribution is -2.39. The molecule has 8 heteroatoms. The first-order valence-electron chi connectivity index (χ1n) is 9.30. The lowest BCUT2D eigenvalue weighted by molar-refractivity contribution is -0.117. The molecule has 1 atom stereocenters. The molecule has 2 aromatic rings.